The number of amides is 1. The number of aryl methyl sites for hydroxylation is 1. The summed E-state index contributed by atoms with van der Waals surface area (Å²) >= 11 is 0. The van der Waals surface area contributed by atoms with Crippen LogP contribution in [0.25, 0.3) is 16.9 Å². The molecule has 7 heteroatoms. The van der Waals surface area contributed by atoms with Crippen molar-refractivity contribution in [1.29, 1.82) is 0 Å². The first-order valence-electron chi connectivity index (χ1n) is 9.15. The van der Waals surface area contributed by atoms with Crippen LogP contribution < -0.4 is 11.0 Å². The minimum atomic E-state index is -0.278. The van der Waals surface area contributed by atoms with Gasteiger partial charge in [0.05, 0.1) is 17.3 Å². The number of pyridine rings is 1. The largest absolute Gasteiger partial charge is 0.376 e. The molecular weight excluding hydrogens is 344 g/mol. The molecule has 140 valence electrons. The lowest BCUT2D eigenvalue weighted by Gasteiger charge is -2.11. The highest BCUT2D eigenvalue weighted by molar-refractivity contribution is 5.80. The summed E-state index contributed by atoms with van der Waals surface area (Å²) in [5.74, 6) is -0.209. The van der Waals surface area contributed by atoms with E-state index >= 15 is 0 Å². The van der Waals surface area contributed by atoms with Gasteiger partial charge in [-0.3, -0.25) is 9.36 Å². The van der Waals surface area contributed by atoms with Crippen LogP contribution in [0, 0.1) is 6.92 Å². The average molecular weight is 366 g/mol. The summed E-state index contributed by atoms with van der Waals surface area (Å²) in [6.45, 7) is 3.16. The fourth-order valence-electron chi connectivity index (χ4n) is 3.40. The quantitative estimate of drug-likeness (QED) is 0.747. The topological polar surface area (TPSA) is 78.2 Å². The van der Waals surface area contributed by atoms with Gasteiger partial charge in [-0.2, -0.15) is 0 Å². The van der Waals surface area contributed by atoms with Crippen molar-refractivity contribution in [1.82, 2.24) is 19.4 Å². The van der Waals surface area contributed by atoms with Crippen LogP contribution in [0.3, 0.4) is 0 Å². The van der Waals surface area contributed by atoms with E-state index in [1.807, 2.05) is 37.3 Å². The first kappa shape index (κ1) is 17.5. The molecule has 1 aliphatic heterocycles. The zero-order valence-electron chi connectivity index (χ0n) is 15.2. The molecule has 3 heterocycles. The molecule has 1 atom stereocenters. The summed E-state index contributed by atoms with van der Waals surface area (Å²) in [6.07, 6.45) is 3.70. The summed E-state index contributed by atoms with van der Waals surface area (Å²) < 4.78 is 8.53. The van der Waals surface area contributed by atoms with E-state index in [4.69, 9.17) is 4.74 Å². The molecule has 1 saturated heterocycles. The fraction of sp³-hybridized carbons (Fsp3) is 0.350. The van der Waals surface area contributed by atoms with Gasteiger partial charge < -0.3 is 10.1 Å². The molecule has 4 rings (SSSR count). The van der Waals surface area contributed by atoms with Crippen LogP contribution in [-0.4, -0.2) is 39.3 Å². The molecule has 1 fully saturated rings. The van der Waals surface area contributed by atoms with E-state index in [2.05, 4.69) is 10.3 Å². The van der Waals surface area contributed by atoms with Crippen LogP contribution in [-0.2, 0) is 16.1 Å². The van der Waals surface area contributed by atoms with Crippen molar-refractivity contribution >= 4 is 17.1 Å². The Morgan fingerprint density at radius 3 is 2.85 bits per heavy atom. The molecular formula is C20H22N4O3. The van der Waals surface area contributed by atoms with Crippen molar-refractivity contribution in [3.05, 3.63) is 58.6 Å². The lowest BCUT2D eigenvalue weighted by atomic mass is 10.2. The van der Waals surface area contributed by atoms with Gasteiger partial charge in [-0.15, -0.1) is 0 Å². The molecule has 0 saturated carbocycles. The average Bonchev–Trinajstić information content (AvgIpc) is 3.28. The normalized spacial score (nSPS) is 16.7. The number of aromatic nitrogens is 3. The summed E-state index contributed by atoms with van der Waals surface area (Å²) in [5.41, 5.74) is 2.73. The number of hydrogen-bond acceptors (Lipinski definition) is 4. The predicted octanol–water partition coefficient (Wildman–Crippen LogP) is 1.79. The molecule has 27 heavy (non-hydrogen) atoms. The molecule has 1 amide bonds. The van der Waals surface area contributed by atoms with Gasteiger partial charge in [0.15, 0.2) is 5.65 Å². The van der Waals surface area contributed by atoms with E-state index in [1.54, 1.807) is 16.8 Å². The number of fused-ring (bicyclic) bond motifs is 1. The SMILES string of the molecule is Cc1ccc(-n2c(=O)n(CC(=O)NC[C@@H]3CCCO3)c3cccnc32)cc1. The van der Waals surface area contributed by atoms with E-state index in [-0.39, 0.29) is 24.2 Å². The minimum Gasteiger partial charge on any atom is -0.376 e. The molecule has 0 aliphatic carbocycles. The molecule has 1 aliphatic rings. The lowest BCUT2D eigenvalue weighted by molar-refractivity contribution is -0.122. The van der Waals surface area contributed by atoms with Gasteiger partial charge in [-0.25, -0.2) is 14.3 Å². The van der Waals surface area contributed by atoms with Crippen molar-refractivity contribution in [3.8, 4) is 5.69 Å². The number of rotatable bonds is 5. The summed E-state index contributed by atoms with van der Waals surface area (Å²) in [4.78, 5) is 29.8. The molecule has 0 radical (unpaired) electrons. The molecule has 3 aromatic rings. The standard InChI is InChI=1S/C20H22N4O3/c1-14-6-8-15(9-7-14)24-19-17(5-2-10-21-19)23(20(24)26)13-18(25)22-12-16-4-3-11-27-16/h2,5-10,16H,3-4,11-13H2,1H3,(H,22,25)/t16-/m0/s1. The fourth-order valence-corrected chi connectivity index (χ4v) is 3.40. The van der Waals surface area contributed by atoms with Crippen LogP contribution >= 0.6 is 0 Å². The van der Waals surface area contributed by atoms with Crippen molar-refractivity contribution in [3.63, 3.8) is 0 Å². The molecule has 1 N–H and O–H groups in total. The van der Waals surface area contributed by atoms with Crippen LogP contribution in [0.2, 0.25) is 0 Å². The molecule has 1 aromatic carbocycles. The number of nitrogens with one attached hydrogen (secondary N) is 1. The highest BCUT2D eigenvalue weighted by Crippen LogP contribution is 2.16. The second-order valence-electron chi connectivity index (χ2n) is 6.82. The van der Waals surface area contributed by atoms with Gasteiger partial charge in [0.1, 0.15) is 6.54 Å². The molecule has 2 aromatic heterocycles. The van der Waals surface area contributed by atoms with Crippen molar-refractivity contribution < 1.29 is 9.53 Å². The van der Waals surface area contributed by atoms with Crippen LogP contribution in [0.15, 0.2) is 47.4 Å². The van der Waals surface area contributed by atoms with E-state index in [0.29, 0.717) is 17.7 Å². The van der Waals surface area contributed by atoms with Gasteiger partial charge in [0.2, 0.25) is 5.91 Å². The third-order valence-corrected chi connectivity index (χ3v) is 4.84. The Balaban J connectivity index is 1.64. The van der Waals surface area contributed by atoms with Crippen molar-refractivity contribution in [2.45, 2.75) is 32.4 Å². The van der Waals surface area contributed by atoms with Gasteiger partial charge >= 0.3 is 5.69 Å². The Morgan fingerprint density at radius 1 is 1.30 bits per heavy atom. The molecule has 0 bridgehead atoms. The Hall–Kier alpha value is -2.93. The summed E-state index contributed by atoms with van der Waals surface area (Å²) in [7, 11) is 0. The number of benzene rings is 1. The van der Waals surface area contributed by atoms with Gasteiger partial charge in [-0.1, -0.05) is 17.7 Å². The maximum atomic E-state index is 13.1. The minimum absolute atomic E-state index is 0.0490. The van der Waals surface area contributed by atoms with E-state index in [0.717, 1.165) is 30.7 Å². The Morgan fingerprint density at radius 2 is 2.11 bits per heavy atom. The van der Waals surface area contributed by atoms with Crippen molar-refractivity contribution in [2.75, 3.05) is 13.2 Å². The van der Waals surface area contributed by atoms with Crippen LogP contribution in [0.1, 0.15) is 18.4 Å². The summed E-state index contributed by atoms with van der Waals surface area (Å²) in [6, 6.07) is 11.2. The van der Waals surface area contributed by atoms with Gasteiger partial charge in [-0.05, 0) is 44.0 Å². The summed E-state index contributed by atoms with van der Waals surface area (Å²) in [5, 5.41) is 2.87. The van der Waals surface area contributed by atoms with Crippen LogP contribution in [0.5, 0.6) is 0 Å². The molecule has 0 unspecified atom stereocenters. The van der Waals surface area contributed by atoms with Gasteiger partial charge in [0, 0.05) is 19.3 Å². The first-order chi connectivity index (χ1) is 13.1. The number of carbonyl (C=O) groups excluding carboxylic acids is 1. The third kappa shape index (κ3) is 3.50. The maximum Gasteiger partial charge on any atom is 0.335 e. The number of ether oxygens (including phenoxy) is 1. The highest BCUT2D eigenvalue weighted by Gasteiger charge is 2.19. The number of imidazole rings is 1. The lowest BCUT2D eigenvalue weighted by Crippen LogP contribution is -2.36. The first-order valence-corrected chi connectivity index (χ1v) is 9.15. The number of carbonyl (C=O) groups is 1. The van der Waals surface area contributed by atoms with E-state index < -0.39 is 0 Å². The Kier molecular flexibility index (Phi) is 4.77. The zero-order valence-corrected chi connectivity index (χ0v) is 15.2. The van der Waals surface area contributed by atoms with E-state index in [9.17, 15) is 9.59 Å². The number of nitrogens with zero attached hydrogens (tertiary/aromatic N) is 3. The van der Waals surface area contributed by atoms with Gasteiger partial charge in [0.25, 0.3) is 0 Å². The van der Waals surface area contributed by atoms with Crippen LogP contribution in [0.4, 0.5) is 0 Å². The third-order valence-electron chi connectivity index (χ3n) is 4.84. The Bertz CT molecular complexity index is 1010. The second-order valence-corrected chi connectivity index (χ2v) is 6.82. The smallest absolute Gasteiger partial charge is 0.335 e. The Labute approximate surface area is 156 Å². The highest BCUT2D eigenvalue weighted by atomic mass is 16.5. The second kappa shape index (κ2) is 7.36. The molecule has 7 nitrogen and oxygen atoms in total. The van der Waals surface area contributed by atoms with E-state index in [1.165, 1.54) is 4.57 Å². The monoisotopic (exact) mass is 366 g/mol. The maximum absolute atomic E-state index is 13.1. The van der Waals surface area contributed by atoms with Crippen molar-refractivity contribution in [2.24, 2.45) is 0 Å². The predicted molar refractivity (Wildman–Crippen MR) is 102 cm³/mol. The number of hydrogen-bond donors (Lipinski definition) is 1. The zero-order chi connectivity index (χ0) is 18.8. The molecule has 0 spiro atoms.